The topological polar surface area (TPSA) is 92.4 Å². The number of nitrogens with zero attached hydrogens (tertiary/aromatic N) is 5. The molecule has 7 heteroatoms. The summed E-state index contributed by atoms with van der Waals surface area (Å²) in [5.74, 6) is 0.993. The molecule has 140 valence electrons. The number of imidazole rings is 1. The molecule has 2 unspecified atom stereocenters. The Morgan fingerprint density at radius 1 is 1.32 bits per heavy atom. The monoisotopic (exact) mass is 372 g/mol. The van der Waals surface area contributed by atoms with E-state index in [1.165, 1.54) is 0 Å². The van der Waals surface area contributed by atoms with Gasteiger partial charge in [0.25, 0.3) is 0 Å². The summed E-state index contributed by atoms with van der Waals surface area (Å²) >= 11 is 0. The first-order valence-corrected chi connectivity index (χ1v) is 9.52. The molecule has 1 aliphatic heterocycles. The molecular weight excluding hydrogens is 352 g/mol. The van der Waals surface area contributed by atoms with E-state index in [1.807, 2.05) is 36.8 Å². The number of nitrogens with one attached hydrogen (secondary N) is 1. The minimum absolute atomic E-state index is 0.209. The van der Waals surface area contributed by atoms with Gasteiger partial charge in [0.05, 0.1) is 41.2 Å². The minimum atomic E-state index is 0.209. The Bertz CT molecular complexity index is 1190. The average molecular weight is 372 g/mol. The number of fused-ring (bicyclic) bond motifs is 3. The van der Waals surface area contributed by atoms with Gasteiger partial charge in [0.15, 0.2) is 0 Å². The third kappa shape index (κ3) is 2.83. The predicted molar refractivity (Wildman–Crippen MR) is 105 cm³/mol. The largest absolute Gasteiger partial charge is 0.378 e. The van der Waals surface area contributed by atoms with Crippen LogP contribution in [-0.2, 0) is 11.2 Å². The Balaban J connectivity index is 1.77. The second kappa shape index (κ2) is 6.73. The number of rotatable bonds is 3. The Morgan fingerprint density at radius 3 is 3.04 bits per heavy atom. The van der Waals surface area contributed by atoms with Gasteiger partial charge in [-0.05, 0) is 43.5 Å². The van der Waals surface area contributed by atoms with Crippen LogP contribution in [0.2, 0.25) is 0 Å². The first-order valence-electron chi connectivity index (χ1n) is 9.52. The zero-order valence-electron chi connectivity index (χ0n) is 15.6. The molecule has 0 bridgehead atoms. The second-order valence-corrected chi connectivity index (χ2v) is 7.38. The summed E-state index contributed by atoms with van der Waals surface area (Å²) in [6.45, 7) is 2.86. The Morgan fingerprint density at radius 2 is 2.25 bits per heavy atom. The molecule has 5 rings (SSSR count). The van der Waals surface area contributed by atoms with E-state index < -0.39 is 0 Å². The van der Waals surface area contributed by atoms with E-state index in [0.29, 0.717) is 18.0 Å². The highest BCUT2D eigenvalue weighted by atomic mass is 16.5. The normalized spacial score (nSPS) is 19.9. The number of hydrogen-bond acceptors (Lipinski definition) is 5. The van der Waals surface area contributed by atoms with Gasteiger partial charge in [-0.3, -0.25) is 10.1 Å². The molecule has 28 heavy (non-hydrogen) atoms. The standard InChI is InChI=1S/C21H20N6O/c1-13-6-16(4-5-28-13)27-20(8-15-10-24-25-11-15)26-19-12-23-18-3-2-14(9-22)7-17(18)21(19)27/h2-3,7,10-13,16H,4-6,8H2,1H3,(H,24,25). The van der Waals surface area contributed by atoms with Crippen LogP contribution in [0, 0.1) is 11.3 Å². The fraction of sp³-hybridized carbons (Fsp3) is 0.333. The number of ether oxygens (including phenoxy) is 1. The van der Waals surface area contributed by atoms with Gasteiger partial charge in [0, 0.05) is 30.7 Å². The van der Waals surface area contributed by atoms with Crippen LogP contribution in [0.1, 0.15) is 42.8 Å². The molecule has 1 N–H and O–H groups in total. The minimum Gasteiger partial charge on any atom is -0.378 e. The van der Waals surface area contributed by atoms with Gasteiger partial charge in [-0.2, -0.15) is 10.4 Å². The maximum Gasteiger partial charge on any atom is 0.114 e. The van der Waals surface area contributed by atoms with Crippen LogP contribution in [0.5, 0.6) is 0 Å². The van der Waals surface area contributed by atoms with Crippen molar-refractivity contribution in [2.75, 3.05) is 6.61 Å². The number of pyridine rings is 1. The predicted octanol–water partition coefficient (Wildman–Crippen LogP) is 3.51. The molecule has 1 aromatic carbocycles. The number of benzene rings is 1. The van der Waals surface area contributed by atoms with Crippen LogP contribution in [-0.4, -0.2) is 37.4 Å². The van der Waals surface area contributed by atoms with Crippen LogP contribution in [0.15, 0.2) is 36.8 Å². The number of hydrogen-bond donors (Lipinski definition) is 1. The molecule has 1 fully saturated rings. The van der Waals surface area contributed by atoms with Crippen LogP contribution in [0.25, 0.3) is 21.9 Å². The van der Waals surface area contributed by atoms with E-state index in [0.717, 1.165) is 52.8 Å². The maximum absolute atomic E-state index is 9.38. The molecule has 4 aromatic rings. The van der Waals surface area contributed by atoms with E-state index in [4.69, 9.17) is 9.72 Å². The molecular formula is C21H20N6O. The van der Waals surface area contributed by atoms with E-state index >= 15 is 0 Å². The maximum atomic E-state index is 9.38. The SMILES string of the molecule is CC1CC(n2c(Cc3cn[nH]c3)nc3cnc4ccc(C#N)cc4c32)CCO1. The fourth-order valence-electron chi connectivity index (χ4n) is 4.18. The van der Waals surface area contributed by atoms with Gasteiger partial charge >= 0.3 is 0 Å². The summed E-state index contributed by atoms with van der Waals surface area (Å²) in [6.07, 6.45) is 8.35. The van der Waals surface area contributed by atoms with Crippen molar-refractivity contribution in [3.8, 4) is 6.07 Å². The van der Waals surface area contributed by atoms with Crippen molar-refractivity contribution in [1.82, 2.24) is 24.7 Å². The fourth-order valence-corrected chi connectivity index (χ4v) is 4.18. The van der Waals surface area contributed by atoms with E-state index in [2.05, 4.69) is 32.7 Å². The van der Waals surface area contributed by atoms with Gasteiger partial charge in [-0.1, -0.05) is 0 Å². The van der Waals surface area contributed by atoms with Crippen LogP contribution in [0.3, 0.4) is 0 Å². The van der Waals surface area contributed by atoms with E-state index in [-0.39, 0.29) is 6.10 Å². The smallest absolute Gasteiger partial charge is 0.114 e. The molecule has 0 amide bonds. The summed E-state index contributed by atoms with van der Waals surface area (Å²) < 4.78 is 8.14. The van der Waals surface area contributed by atoms with E-state index in [1.54, 1.807) is 0 Å². The van der Waals surface area contributed by atoms with Crippen molar-refractivity contribution in [3.63, 3.8) is 0 Å². The van der Waals surface area contributed by atoms with Gasteiger partial charge in [-0.15, -0.1) is 0 Å². The lowest BCUT2D eigenvalue weighted by atomic mass is 10.0. The number of nitriles is 1. The number of aromatic amines is 1. The molecule has 3 aromatic heterocycles. The average Bonchev–Trinajstić information content (AvgIpc) is 3.35. The van der Waals surface area contributed by atoms with Crippen molar-refractivity contribution >= 4 is 21.9 Å². The third-order valence-corrected chi connectivity index (χ3v) is 5.46. The van der Waals surface area contributed by atoms with Crippen molar-refractivity contribution in [2.24, 2.45) is 0 Å². The summed E-state index contributed by atoms with van der Waals surface area (Å²) in [6, 6.07) is 8.19. The molecule has 1 aliphatic rings. The molecule has 0 saturated carbocycles. The molecule has 0 radical (unpaired) electrons. The number of H-pyrrole nitrogens is 1. The van der Waals surface area contributed by atoms with Gasteiger partial charge in [0.2, 0.25) is 0 Å². The van der Waals surface area contributed by atoms with Gasteiger partial charge < -0.3 is 9.30 Å². The van der Waals surface area contributed by atoms with Gasteiger partial charge in [-0.25, -0.2) is 4.98 Å². The van der Waals surface area contributed by atoms with Crippen molar-refractivity contribution in [2.45, 2.75) is 38.3 Å². The van der Waals surface area contributed by atoms with Crippen LogP contribution >= 0.6 is 0 Å². The molecule has 4 heterocycles. The first-order chi connectivity index (χ1) is 13.7. The zero-order valence-corrected chi connectivity index (χ0v) is 15.6. The molecule has 2 atom stereocenters. The quantitative estimate of drug-likeness (QED) is 0.594. The Labute approximate surface area is 162 Å². The lowest BCUT2D eigenvalue weighted by Crippen LogP contribution is -2.26. The molecule has 0 aliphatic carbocycles. The summed E-state index contributed by atoms with van der Waals surface area (Å²) in [5, 5.41) is 17.3. The van der Waals surface area contributed by atoms with Crippen molar-refractivity contribution in [1.29, 1.82) is 5.26 Å². The zero-order chi connectivity index (χ0) is 19.1. The Kier molecular flexibility index (Phi) is 4.06. The van der Waals surface area contributed by atoms with Gasteiger partial charge in [0.1, 0.15) is 11.3 Å². The molecule has 7 nitrogen and oxygen atoms in total. The Hall–Kier alpha value is -3.24. The summed E-state index contributed by atoms with van der Waals surface area (Å²) in [5.41, 5.74) is 4.51. The van der Waals surface area contributed by atoms with Crippen molar-refractivity contribution in [3.05, 3.63) is 53.7 Å². The molecule has 1 saturated heterocycles. The first kappa shape index (κ1) is 16.9. The number of aromatic nitrogens is 5. The lowest BCUT2D eigenvalue weighted by Gasteiger charge is -2.30. The summed E-state index contributed by atoms with van der Waals surface area (Å²) in [4.78, 5) is 9.50. The highest BCUT2D eigenvalue weighted by Crippen LogP contribution is 2.34. The van der Waals surface area contributed by atoms with E-state index in [9.17, 15) is 5.26 Å². The highest BCUT2D eigenvalue weighted by Gasteiger charge is 2.26. The highest BCUT2D eigenvalue weighted by molar-refractivity contribution is 6.02. The van der Waals surface area contributed by atoms with Crippen molar-refractivity contribution < 1.29 is 4.74 Å². The molecule has 0 spiro atoms. The second-order valence-electron chi connectivity index (χ2n) is 7.38. The van der Waals surface area contributed by atoms with Crippen LogP contribution in [0.4, 0.5) is 0 Å². The van der Waals surface area contributed by atoms with Crippen LogP contribution < -0.4 is 0 Å². The third-order valence-electron chi connectivity index (χ3n) is 5.46. The summed E-state index contributed by atoms with van der Waals surface area (Å²) in [7, 11) is 0. The lowest BCUT2D eigenvalue weighted by molar-refractivity contribution is 0.00631.